The number of carbonyl (C=O) groups excluding carboxylic acids is 1. The monoisotopic (exact) mass is 388 g/mol. The Balaban J connectivity index is 1.81. The van der Waals surface area contributed by atoms with E-state index in [1.165, 1.54) is 0 Å². The van der Waals surface area contributed by atoms with Gasteiger partial charge in [0.25, 0.3) is 5.95 Å². The van der Waals surface area contributed by atoms with Gasteiger partial charge >= 0.3 is 6.03 Å². The molecule has 0 unspecified atom stereocenters. The Bertz CT molecular complexity index is 831. The van der Waals surface area contributed by atoms with Gasteiger partial charge in [0, 0.05) is 35.2 Å². The number of benzene rings is 1. The van der Waals surface area contributed by atoms with Crippen LogP contribution in [0.4, 0.5) is 16.4 Å². The van der Waals surface area contributed by atoms with Gasteiger partial charge in [0.05, 0.1) is 13.2 Å². The maximum atomic E-state index is 12.5. The number of rotatable bonds is 2. The summed E-state index contributed by atoms with van der Waals surface area (Å²) in [6.45, 7) is 6.10. The van der Waals surface area contributed by atoms with E-state index in [9.17, 15) is 4.79 Å². The summed E-state index contributed by atoms with van der Waals surface area (Å²) in [4.78, 5) is 27.5. The number of urea groups is 1. The highest BCUT2D eigenvalue weighted by molar-refractivity contribution is 6.30. The number of nitrogens with one attached hydrogen (secondary N) is 2. The van der Waals surface area contributed by atoms with Crippen molar-refractivity contribution in [2.45, 2.75) is 13.8 Å². The summed E-state index contributed by atoms with van der Waals surface area (Å²) in [7, 11) is 0. The zero-order chi connectivity index (χ0) is 19.2. The minimum absolute atomic E-state index is 0.303. The molecule has 27 heavy (non-hydrogen) atoms. The number of anilines is 1. The van der Waals surface area contributed by atoms with E-state index in [0.29, 0.717) is 48.9 Å². The van der Waals surface area contributed by atoms with Crippen molar-refractivity contribution >= 4 is 35.2 Å². The molecule has 8 nitrogen and oxygen atoms in total. The minimum Gasteiger partial charge on any atom is -0.378 e. The predicted molar refractivity (Wildman–Crippen MR) is 105 cm³/mol. The zero-order valence-electron chi connectivity index (χ0n) is 15.2. The summed E-state index contributed by atoms with van der Waals surface area (Å²) in [5.41, 5.74) is 2.21. The highest BCUT2D eigenvalue weighted by atomic mass is 35.5. The molecule has 1 saturated heterocycles. The Morgan fingerprint density at radius 3 is 2.56 bits per heavy atom. The normalized spacial score (nSPS) is 14.8. The molecule has 0 atom stereocenters. The fourth-order valence-electron chi connectivity index (χ4n) is 2.64. The Hall–Kier alpha value is -2.71. The second-order valence-corrected chi connectivity index (χ2v) is 6.51. The molecule has 0 bridgehead atoms. The molecule has 142 valence electrons. The lowest BCUT2D eigenvalue weighted by Gasteiger charge is -2.29. The number of aromatic nitrogens is 2. The number of nitrogens with zero attached hydrogens (tertiary/aromatic N) is 4. The Morgan fingerprint density at radius 2 is 1.89 bits per heavy atom. The molecule has 1 aromatic heterocycles. The van der Waals surface area contributed by atoms with Crippen LogP contribution in [0, 0.1) is 13.8 Å². The van der Waals surface area contributed by atoms with Crippen molar-refractivity contribution in [3.8, 4) is 0 Å². The summed E-state index contributed by atoms with van der Waals surface area (Å²) >= 11 is 5.96. The van der Waals surface area contributed by atoms with Crippen LogP contribution in [0.3, 0.4) is 0 Å². The molecule has 3 rings (SSSR count). The summed E-state index contributed by atoms with van der Waals surface area (Å²) in [5.74, 6) is 0.680. The third-order valence-electron chi connectivity index (χ3n) is 3.79. The molecule has 2 amide bonds. The molecule has 1 fully saturated rings. The molecule has 1 aliphatic rings. The van der Waals surface area contributed by atoms with E-state index in [1.807, 2.05) is 24.8 Å². The van der Waals surface area contributed by atoms with Crippen molar-refractivity contribution in [2.24, 2.45) is 4.99 Å². The Morgan fingerprint density at radius 1 is 1.19 bits per heavy atom. The topological polar surface area (TPSA) is 91.7 Å². The maximum Gasteiger partial charge on any atom is 0.326 e. The number of aliphatic imine (C=N–C) groups is 1. The van der Waals surface area contributed by atoms with Gasteiger partial charge in [0.15, 0.2) is 0 Å². The first-order valence-corrected chi connectivity index (χ1v) is 8.94. The fourth-order valence-corrected chi connectivity index (χ4v) is 2.83. The molecule has 1 aliphatic heterocycles. The van der Waals surface area contributed by atoms with Gasteiger partial charge in [-0.2, -0.15) is 4.99 Å². The highest BCUT2D eigenvalue weighted by Crippen LogP contribution is 2.15. The van der Waals surface area contributed by atoms with Gasteiger partial charge in [-0.15, -0.1) is 0 Å². The number of ether oxygens (including phenoxy) is 1. The standard InChI is InChI=1S/C18H21ClN6O2/c1-12-10-13(2)21-16(20-12)23-17(25-6-8-27-9-7-25)24-18(26)22-15-5-3-4-14(19)11-15/h3-5,10-11H,6-9H2,1-2H3,(H2,20,21,22,23,24,26). The lowest BCUT2D eigenvalue weighted by atomic mass is 10.3. The van der Waals surface area contributed by atoms with E-state index in [0.717, 1.165) is 11.4 Å². The molecule has 0 spiro atoms. The highest BCUT2D eigenvalue weighted by Gasteiger charge is 2.18. The van der Waals surface area contributed by atoms with E-state index in [4.69, 9.17) is 16.3 Å². The van der Waals surface area contributed by atoms with Crippen LogP contribution in [0.15, 0.2) is 35.3 Å². The van der Waals surface area contributed by atoms with Crippen molar-refractivity contribution in [3.05, 3.63) is 46.7 Å². The fraction of sp³-hybridized carbons (Fsp3) is 0.333. The van der Waals surface area contributed by atoms with E-state index in [2.05, 4.69) is 25.6 Å². The molecule has 2 N–H and O–H groups in total. The molecule has 0 saturated carbocycles. The molecule has 0 aliphatic carbocycles. The van der Waals surface area contributed by atoms with E-state index < -0.39 is 6.03 Å². The smallest absolute Gasteiger partial charge is 0.326 e. The van der Waals surface area contributed by atoms with E-state index in [-0.39, 0.29) is 0 Å². The third-order valence-corrected chi connectivity index (χ3v) is 4.03. The summed E-state index contributed by atoms with van der Waals surface area (Å²) in [5, 5.41) is 6.08. The first kappa shape index (κ1) is 19.1. The summed E-state index contributed by atoms with van der Waals surface area (Å²) in [6.07, 6.45) is 0. The molecular weight excluding hydrogens is 368 g/mol. The first-order chi connectivity index (χ1) is 13.0. The van der Waals surface area contributed by atoms with Gasteiger partial charge in [-0.25, -0.2) is 14.8 Å². The number of carbonyl (C=O) groups is 1. The van der Waals surface area contributed by atoms with Crippen molar-refractivity contribution < 1.29 is 9.53 Å². The number of hydrogen-bond donors (Lipinski definition) is 2. The van der Waals surface area contributed by atoms with Crippen LogP contribution >= 0.6 is 11.6 Å². The van der Waals surface area contributed by atoms with E-state index >= 15 is 0 Å². The molecule has 0 radical (unpaired) electrons. The molecule has 2 aromatic rings. The first-order valence-electron chi connectivity index (χ1n) is 8.57. The van der Waals surface area contributed by atoms with Crippen LogP contribution in [0.25, 0.3) is 0 Å². The number of halogens is 1. The maximum absolute atomic E-state index is 12.5. The molecule has 9 heteroatoms. The quantitative estimate of drug-likeness (QED) is 0.609. The van der Waals surface area contributed by atoms with Gasteiger partial charge in [0.1, 0.15) is 0 Å². The van der Waals surface area contributed by atoms with Gasteiger partial charge < -0.3 is 15.0 Å². The SMILES string of the molecule is Cc1cc(C)nc(/N=C(/NC(=O)Nc2cccc(Cl)c2)N2CCOCC2)n1. The number of morpholine rings is 1. The number of aryl methyl sites for hydroxylation is 2. The van der Waals surface area contributed by atoms with Gasteiger partial charge in [-0.3, -0.25) is 5.32 Å². The average Bonchev–Trinajstić information content (AvgIpc) is 2.61. The molecule has 1 aromatic carbocycles. The van der Waals surface area contributed by atoms with Gasteiger partial charge in [-0.1, -0.05) is 17.7 Å². The predicted octanol–water partition coefficient (Wildman–Crippen LogP) is 2.89. The number of hydrogen-bond acceptors (Lipinski definition) is 5. The minimum atomic E-state index is -0.424. The molecular formula is C18H21ClN6O2. The van der Waals surface area contributed by atoms with Crippen molar-refractivity contribution in [1.29, 1.82) is 0 Å². The van der Waals surface area contributed by atoms with Crippen LogP contribution in [-0.4, -0.2) is 53.2 Å². The number of amides is 2. The Kier molecular flexibility index (Phi) is 6.20. The van der Waals surface area contributed by atoms with Gasteiger partial charge in [-0.05, 0) is 38.1 Å². The zero-order valence-corrected chi connectivity index (χ0v) is 16.0. The third kappa shape index (κ3) is 5.63. The molecule has 2 heterocycles. The van der Waals surface area contributed by atoms with Crippen molar-refractivity contribution in [3.63, 3.8) is 0 Å². The lowest BCUT2D eigenvalue weighted by Crippen LogP contribution is -2.50. The summed E-state index contributed by atoms with van der Waals surface area (Å²) < 4.78 is 5.38. The van der Waals surface area contributed by atoms with Gasteiger partial charge in [0.2, 0.25) is 5.96 Å². The summed E-state index contributed by atoms with van der Waals surface area (Å²) in [6, 6.07) is 8.36. The largest absolute Gasteiger partial charge is 0.378 e. The Labute approximate surface area is 162 Å². The number of guanidine groups is 1. The second kappa shape index (κ2) is 8.79. The van der Waals surface area contributed by atoms with Crippen LogP contribution in [-0.2, 0) is 4.74 Å². The van der Waals surface area contributed by atoms with Crippen LogP contribution in [0.2, 0.25) is 5.02 Å². The lowest BCUT2D eigenvalue weighted by molar-refractivity contribution is 0.0668. The second-order valence-electron chi connectivity index (χ2n) is 6.08. The van der Waals surface area contributed by atoms with Crippen molar-refractivity contribution in [2.75, 3.05) is 31.6 Å². The van der Waals surface area contributed by atoms with Crippen LogP contribution in [0.1, 0.15) is 11.4 Å². The van der Waals surface area contributed by atoms with Crippen molar-refractivity contribution in [1.82, 2.24) is 20.2 Å². The van der Waals surface area contributed by atoms with Crippen LogP contribution < -0.4 is 10.6 Å². The average molecular weight is 389 g/mol. The van der Waals surface area contributed by atoms with E-state index in [1.54, 1.807) is 24.3 Å². The van der Waals surface area contributed by atoms with Crippen LogP contribution in [0.5, 0.6) is 0 Å².